The van der Waals surface area contributed by atoms with Gasteiger partial charge in [0.1, 0.15) is 10.8 Å². The molecule has 1 aliphatic rings. The Balaban J connectivity index is 1.97. The summed E-state index contributed by atoms with van der Waals surface area (Å²) in [6.45, 7) is 7.89. The summed E-state index contributed by atoms with van der Waals surface area (Å²) in [5, 5.41) is 0.330. The van der Waals surface area contributed by atoms with Crippen molar-refractivity contribution in [1.29, 1.82) is 0 Å². The van der Waals surface area contributed by atoms with Crippen LogP contribution in [0.3, 0.4) is 0 Å². The summed E-state index contributed by atoms with van der Waals surface area (Å²) >= 11 is 5.96. The molecule has 0 N–H and O–H groups in total. The number of piperazine rings is 1. The van der Waals surface area contributed by atoms with E-state index in [9.17, 15) is 4.79 Å². The Morgan fingerprint density at radius 2 is 1.86 bits per heavy atom. The molecule has 0 aromatic carbocycles. The molecule has 0 atom stereocenters. The van der Waals surface area contributed by atoms with Crippen molar-refractivity contribution in [2.45, 2.75) is 26.4 Å². The average Bonchev–Trinajstić information content (AvgIpc) is 2.45. The maximum atomic E-state index is 12.0. The van der Waals surface area contributed by atoms with E-state index in [2.05, 4.69) is 9.97 Å². The summed E-state index contributed by atoms with van der Waals surface area (Å²) in [6, 6.07) is 1.56. The van der Waals surface area contributed by atoms with E-state index in [0.29, 0.717) is 43.2 Å². The minimum atomic E-state index is -0.488. The van der Waals surface area contributed by atoms with E-state index in [4.69, 9.17) is 21.1 Å². The molecule has 0 saturated carbocycles. The summed E-state index contributed by atoms with van der Waals surface area (Å²) in [6.07, 6.45) is -0.295. The molecule has 0 radical (unpaired) electrons. The van der Waals surface area contributed by atoms with Gasteiger partial charge in [0, 0.05) is 32.2 Å². The van der Waals surface area contributed by atoms with Gasteiger partial charge >= 0.3 is 6.09 Å². The Morgan fingerprint density at radius 1 is 1.23 bits per heavy atom. The largest absolute Gasteiger partial charge is 0.481 e. The minimum Gasteiger partial charge on any atom is -0.481 e. The van der Waals surface area contributed by atoms with Crippen LogP contribution in [0.1, 0.15) is 20.8 Å². The normalized spacial score (nSPS) is 15.7. The quantitative estimate of drug-likeness (QED) is 0.775. The Labute approximate surface area is 135 Å². The van der Waals surface area contributed by atoms with Gasteiger partial charge in [-0.1, -0.05) is 11.6 Å². The molecular formula is C14H21ClN4O3. The first kappa shape index (κ1) is 16.6. The van der Waals surface area contributed by atoms with Gasteiger partial charge in [-0.05, 0) is 20.8 Å². The Bertz CT molecular complexity index is 539. The number of methoxy groups -OCH3 is 1. The zero-order valence-corrected chi connectivity index (χ0v) is 14.1. The zero-order chi connectivity index (χ0) is 16.3. The summed E-state index contributed by atoms with van der Waals surface area (Å²) in [7, 11) is 1.53. The van der Waals surface area contributed by atoms with Crippen molar-refractivity contribution < 1.29 is 14.3 Å². The summed E-state index contributed by atoms with van der Waals surface area (Å²) in [5.41, 5.74) is -0.488. The third-order valence-electron chi connectivity index (χ3n) is 3.08. The number of ether oxygens (including phenoxy) is 2. The summed E-state index contributed by atoms with van der Waals surface area (Å²) in [5.74, 6) is 0.928. The lowest BCUT2D eigenvalue weighted by molar-refractivity contribution is 0.0240. The predicted octanol–water partition coefficient (Wildman–Crippen LogP) is 2.20. The van der Waals surface area contributed by atoms with Crippen molar-refractivity contribution in [2.75, 3.05) is 38.2 Å². The molecule has 1 fully saturated rings. The Morgan fingerprint density at radius 3 is 2.41 bits per heavy atom. The number of halogens is 1. The van der Waals surface area contributed by atoms with Gasteiger partial charge in [-0.2, -0.15) is 4.98 Å². The van der Waals surface area contributed by atoms with E-state index in [0.717, 1.165) is 0 Å². The van der Waals surface area contributed by atoms with Gasteiger partial charge in [0.15, 0.2) is 0 Å². The highest BCUT2D eigenvalue weighted by Gasteiger charge is 2.27. The average molecular weight is 329 g/mol. The van der Waals surface area contributed by atoms with Crippen molar-refractivity contribution in [3.63, 3.8) is 0 Å². The number of aromatic nitrogens is 2. The van der Waals surface area contributed by atoms with Crippen molar-refractivity contribution in [1.82, 2.24) is 14.9 Å². The number of anilines is 1. The van der Waals surface area contributed by atoms with Crippen LogP contribution in [0.25, 0.3) is 0 Å². The molecule has 7 nitrogen and oxygen atoms in total. The van der Waals surface area contributed by atoms with Crippen LogP contribution in [0, 0.1) is 0 Å². The lowest BCUT2D eigenvalue weighted by Crippen LogP contribution is -2.50. The first-order chi connectivity index (χ1) is 10.3. The molecule has 0 bridgehead atoms. The second kappa shape index (κ2) is 6.56. The Kier molecular flexibility index (Phi) is 4.95. The van der Waals surface area contributed by atoms with Crippen molar-refractivity contribution in [2.24, 2.45) is 0 Å². The fourth-order valence-corrected chi connectivity index (χ4v) is 2.22. The van der Waals surface area contributed by atoms with Crippen LogP contribution in [-0.2, 0) is 4.74 Å². The molecule has 2 rings (SSSR count). The molecular weight excluding hydrogens is 308 g/mol. The molecule has 22 heavy (non-hydrogen) atoms. The lowest BCUT2D eigenvalue weighted by atomic mass is 10.2. The standard InChI is InChI=1S/C14H21ClN4O3/c1-14(2,3)22-13(20)19-7-5-18(6-8-19)12-16-10(15)9-11(17-12)21-4/h9H,5-8H2,1-4H3. The van der Waals surface area contributed by atoms with Crippen molar-refractivity contribution in [3.05, 3.63) is 11.2 Å². The monoisotopic (exact) mass is 328 g/mol. The molecule has 0 aliphatic carbocycles. The molecule has 1 amide bonds. The zero-order valence-electron chi connectivity index (χ0n) is 13.3. The van der Waals surface area contributed by atoms with Crippen LogP contribution in [0.4, 0.5) is 10.7 Å². The highest BCUT2D eigenvalue weighted by molar-refractivity contribution is 6.29. The van der Waals surface area contributed by atoms with Gasteiger partial charge in [-0.25, -0.2) is 9.78 Å². The van der Waals surface area contributed by atoms with Crippen LogP contribution in [-0.4, -0.2) is 59.9 Å². The van der Waals surface area contributed by atoms with Crippen molar-refractivity contribution in [3.8, 4) is 5.88 Å². The highest BCUT2D eigenvalue weighted by atomic mass is 35.5. The molecule has 1 saturated heterocycles. The molecule has 0 unspecified atom stereocenters. The summed E-state index contributed by atoms with van der Waals surface area (Å²) in [4.78, 5) is 24.2. The van der Waals surface area contributed by atoms with E-state index >= 15 is 0 Å². The fourth-order valence-electron chi connectivity index (χ4n) is 2.05. The first-order valence-electron chi connectivity index (χ1n) is 7.10. The summed E-state index contributed by atoms with van der Waals surface area (Å²) < 4.78 is 10.5. The third-order valence-corrected chi connectivity index (χ3v) is 3.28. The third kappa shape index (κ3) is 4.37. The van der Waals surface area contributed by atoms with E-state index in [1.165, 1.54) is 7.11 Å². The van der Waals surface area contributed by atoms with Crippen LogP contribution in [0.2, 0.25) is 5.15 Å². The number of carbonyl (C=O) groups is 1. The number of hydrogen-bond acceptors (Lipinski definition) is 6. The van der Waals surface area contributed by atoms with E-state index in [1.807, 2.05) is 25.7 Å². The smallest absolute Gasteiger partial charge is 0.410 e. The number of carbonyl (C=O) groups excluding carboxylic acids is 1. The van der Waals surface area contributed by atoms with E-state index < -0.39 is 5.60 Å². The van der Waals surface area contributed by atoms with Gasteiger partial charge in [-0.3, -0.25) is 0 Å². The van der Waals surface area contributed by atoms with Crippen LogP contribution >= 0.6 is 11.6 Å². The van der Waals surface area contributed by atoms with Gasteiger partial charge in [0.2, 0.25) is 11.8 Å². The van der Waals surface area contributed by atoms with Crippen LogP contribution in [0.5, 0.6) is 5.88 Å². The molecule has 8 heteroatoms. The molecule has 1 aromatic rings. The topological polar surface area (TPSA) is 67.8 Å². The molecule has 2 heterocycles. The van der Waals surface area contributed by atoms with Gasteiger partial charge in [-0.15, -0.1) is 0 Å². The van der Waals surface area contributed by atoms with Gasteiger partial charge in [0.05, 0.1) is 7.11 Å². The van der Waals surface area contributed by atoms with Crippen LogP contribution < -0.4 is 9.64 Å². The predicted molar refractivity (Wildman–Crippen MR) is 83.6 cm³/mol. The highest BCUT2D eigenvalue weighted by Crippen LogP contribution is 2.20. The van der Waals surface area contributed by atoms with E-state index in [1.54, 1.807) is 11.0 Å². The maximum absolute atomic E-state index is 12.0. The molecule has 1 aromatic heterocycles. The Hall–Kier alpha value is -1.76. The lowest BCUT2D eigenvalue weighted by Gasteiger charge is -2.35. The van der Waals surface area contributed by atoms with Gasteiger partial charge < -0.3 is 19.3 Å². The minimum absolute atomic E-state index is 0.295. The molecule has 1 aliphatic heterocycles. The number of nitrogens with zero attached hydrogens (tertiary/aromatic N) is 4. The maximum Gasteiger partial charge on any atom is 0.410 e. The molecule has 122 valence electrons. The van der Waals surface area contributed by atoms with Crippen LogP contribution in [0.15, 0.2) is 6.07 Å². The second-order valence-electron chi connectivity index (χ2n) is 5.99. The molecule has 0 spiro atoms. The van der Waals surface area contributed by atoms with Gasteiger partial charge in [0.25, 0.3) is 0 Å². The van der Waals surface area contributed by atoms with Crippen molar-refractivity contribution >= 4 is 23.6 Å². The number of hydrogen-bond donors (Lipinski definition) is 0. The van der Waals surface area contributed by atoms with E-state index in [-0.39, 0.29) is 6.09 Å². The number of amides is 1. The first-order valence-corrected chi connectivity index (χ1v) is 7.48. The second-order valence-corrected chi connectivity index (χ2v) is 6.37. The number of rotatable bonds is 2. The fraction of sp³-hybridized carbons (Fsp3) is 0.643. The SMILES string of the molecule is COc1cc(Cl)nc(N2CCN(C(=O)OC(C)(C)C)CC2)n1.